The number of nitrogens with one attached hydrogen (secondary N) is 3. The first kappa shape index (κ1) is 24.4. The van der Waals surface area contributed by atoms with Gasteiger partial charge in [-0.1, -0.05) is 0 Å². The zero-order chi connectivity index (χ0) is 24.2. The van der Waals surface area contributed by atoms with Crippen LogP contribution in [-0.4, -0.2) is 31.8 Å². The number of carbonyl (C=O) groups is 2. The first-order valence-corrected chi connectivity index (χ1v) is 11.7. The van der Waals surface area contributed by atoms with Crippen LogP contribution in [0.15, 0.2) is 46.7 Å². The van der Waals surface area contributed by atoms with Gasteiger partial charge < -0.3 is 10.6 Å². The predicted molar refractivity (Wildman–Crippen MR) is 117 cm³/mol. The molecule has 3 aromatic rings. The van der Waals surface area contributed by atoms with E-state index in [1.165, 1.54) is 24.4 Å². The van der Waals surface area contributed by atoms with Gasteiger partial charge in [-0.15, -0.1) is 11.3 Å². The fraction of sp³-hybridized carbons (Fsp3) is 0.150. The molecule has 174 valence electrons. The van der Waals surface area contributed by atoms with E-state index >= 15 is 0 Å². The third-order valence-corrected chi connectivity index (χ3v) is 6.38. The Morgan fingerprint density at radius 3 is 2.42 bits per heavy atom. The summed E-state index contributed by atoms with van der Waals surface area (Å²) in [4.78, 5) is 26.8. The molecule has 13 heteroatoms. The lowest BCUT2D eigenvalue weighted by molar-refractivity contribution is -0.116. The van der Waals surface area contributed by atoms with Gasteiger partial charge in [0.1, 0.15) is 5.82 Å². The molecule has 2 aromatic carbocycles. The van der Waals surface area contributed by atoms with Gasteiger partial charge in [0.15, 0.2) is 16.8 Å². The Morgan fingerprint density at radius 1 is 1.00 bits per heavy atom. The van der Waals surface area contributed by atoms with Crippen molar-refractivity contribution in [3.63, 3.8) is 0 Å². The average molecular weight is 499 g/mol. The van der Waals surface area contributed by atoms with Crippen molar-refractivity contribution in [3.05, 3.63) is 59.2 Å². The Bertz CT molecular complexity index is 1310. The molecule has 0 spiro atoms. The molecule has 8 nitrogen and oxygen atoms in total. The molecular formula is C20H17F3N4O4S2. The summed E-state index contributed by atoms with van der Waals surface area (Å²) in [6.07, 6.45) is -0.266. The second-order valence-electron chi connectivity index (χ2n) is 6.69. The maximum absolute atomic E-state index is 14.3. The lowest BCUT2D eigenvalue weighted by Gasteiger charge is -2.07. The zero-order valence-electron chi connectivity index (χ0n) is 17.0. The number of rotatable bonds is 8. The third-order valence-electron chi connectivity index (χ3n) is 4.16. The number of nitrogens with zero attached hydrogens (tertiary/aromatic N) is 1. The number of thiazole rings is 1. The minimum atomic E-state index is -4.13. The average Bonchev–Trinajstić information content (AvgIpc) is 3.17. The molecule has 1 heterocycles. The molecule has 0 fully saturated rings. The van der Waals surface area contributed by atoms with Crippen LogP contribution in [0.2, 0.25) is 0 Å². The fourth-order valence-electron chi connectivity index (χ4n) is 2.67. The van der Waals surface area contributed by atoms with Crippen molar-refractivity contribution < 1.29 is 31.2 Å². The minimum Gasteiger partial charge on any atom is -0.326 e. The fourth-order valence-corrected chi connectivity index (χ4v) is 4.44. The van der Waals surface area contributed by atoms with E-state index in [9.17, 15) is 31.2 Å². The van der Waals surface area contributed by atoms with E-state index in [0.717, 1.165) is 23.5 Å². The number of hydrogen-bond acceptors (Lipinski definition) is 6. The highest BCUT2D eigenvalue weighted by atomic mass is 32.2. The number of amides is 2. The van der Waals surface area contributed by atoms with Gasteiger partial charge in [-0.25, -0.2) is 31.3 Å². The van der Waals surface area contributed by atoms with E-state index in [4.69, 9.17) is 0 Å². The van der Waals surface area contributed by atoms with Crippen molar-refractivity contribution in [3.8, 4) is 11.3 Å². The summed E-state index contributed by atoms with van der Waals surface area (Å²) < 4.78 is 66.9. The molecule has 0 saturated carbocycles. The summed E-state index contributed by atoms with van der Waals surface area (Å²) in [5, 5.41) is 6.64. The largest absolute Gasteiger partial charge is 0.326 e. The van der Waals surface area contributed by atoms with Gasteiger partial charge in [0, 0.05) is 36.5 Å². The number of halogens is 3. The van der Waals surface area contributed by atoms with Crippen molar-refractivity contribution in [2.45, 2.75) is 18.2 Å². The number of hydrogen-bond donors (Lipinski definition) is 3. The Morgan fingerprint density at radius 2 is 1.76 bits per heavy atom. The summed E-state index contributed by atoms with van der Waals surface area (Å²) in [7, 11) is -4.13. The Hall–Kier alpha value is -3.29. The number of aromatic nitrogens is 1. The quantitative estimate of drug-likeness (QED) is 0.440. The zero-order valence-corrected chi connectivity index (χ0v) is 18.6. The molecule has 0 bridgehead atoms. The van der Waals surface area contributed by atoms with E-state index in [0.29, 0.717) is 17.8 Å². The van der Waals surface area contributed by atoms with Crippen molar-refractivity contribution in [1.29, 1.82) is 0 Å². The number of sulfonamides is 1. The van der Waals surface area contributed by atoms with Crippen LogP contribution in [0.3, 0.4) is 0 Å². The van der Waals surface area contributed by atoms with E-state index in [-0.39, 0.29) is 35.3 Å². The monoisotopic (exact) mass is 498 g/mol. The maximum Gasteiger partial charge on any atom is 0.240 e. The summed E-state index contributed by atoms with van der Waals surface area (Å²) in [5.41, 5.74) is 0.722. The van der Waals surface area contributed by atoms with E-state index in [1.54, 1.807) is 0 Å². The molecule has 1 aromatic heterocycles. The summed E-state index contributed by atoms with van der Waals surface area (Å²) in [5.74, 6) is -4.01. The molecule has 0 saturated heterocycles. The van der Waals surface area contributed by atoms with Crippen LogP contribution < -0.4 is 15.4 Å². The molecule has 0 aliphatic rings. The predicted octanol–water partition coefficient (Wildman–Crippen LogP) is 3.49. The van der Waals surface area contributed by atoms with Gasteiger partial charge in [0.25, 0.3) is 0 Å². The van der Waals surface area contributed by atoms with Crippen molar-refractivity contribution in [2.24, 2.45) is 0 Å². The molecule has 0 radical (unpaired) electrons. The first-order valence-electron chi connectivity index (χ1n) is 9.33. The summed E-state index contributed by atoms with van der Waals surface area (Å²) in [6.45, 7) is 0.999. The Labute approximate surface area is 190 Å². The van der Waals surface area contributed by atoms with Crippen LogP contribution in [-0.2, 0) is 19.6 Å². The van der Waals surface area contributed by atoms with E-state index < -0.39 is 38.3 Å². The highest BCUT2D eigenvalue weighted by Crippen LogP contribution is 2.28. The smallest absolute Gasteiger partial charge is 0.240 e. The van der Waals surface area contributed by atoms with E-state index in [1.807, 2.05) is 0 Å². The lowest BCUT2D eigenvalue weighted by atomic mass is 10.1. The molecule has 3 N–H and O–H groups in total. The van der Waals surface area contributed by atoms with Crippen molar-refractivity contribution in [1.82, 2.24) is 9.71 Å². The van der Waals surface area contributed by atoms with Gasteiger partial charge in [-0.3, -0.25) is 9.59 Å². The molecule has 0 atom stereocenters. The Kier molecular flexibility index (Phi) is 7.46. The highest BCUT2D eigenvalue weighted by Gasteiger charge is 2.17. The Balaban J connectivity index is 1.56. The van der Waals surface area contributed by atoms with Gasteiger partial charge in [-0.05, 0) is 36.4 Å². The SMILES string of the molecule is CC(=O)Nc1ccc(-c2csc(NC(=O)CCNS(=O)(=O)c3ccc(F)c(F)c3)n2)c(F)c1. The molecule has 33 heavy (non-hydrogen) atoms. The first-order chi connectivity index (χ1) is 15.5. The topological polar surface area (TPSA) is 117 Å². The molecule has 0 unspecified atom stereocenters. The highest BCUT2D eigenvalue weighted by molar-refractivity contribution is 7.89. The summed E-state index contributed by atoms with van der Waals surface area (Å²) >= 11 is 1.04. The summed E-state index contributed by atoms with van der Waals surface area (Å²) in [6, 6.07) is 6.22. The molecule has 0 aliphatic heterocycles. The second-order valence-corrected chi connectivity index (χ2v) is 9.31. The van der Waals surface area contributed by atoms with Crippen LogP contribution in [0.25, 0.3) is 11.3 Å². The van der Waals surface area contributed by atoms with E-state index in [2.05, 4.69) is 20.3 Å². The van der Waals surface area contributed by atoms with Crippen LogP contribution >= 0.6 is 11.3 Å². The standard InChI is InChI=1S/C20H17F3N4O4S2/c1-11(28)25-12-2-4-14(16(22)8-12)18-10-32-20(26-18)27-19(29)6-7-24-33(30,31)13-3-5-15(21)17(23)9-13/h2-5,8-10,24H,6-7H2,1H3,(H,25,28)(H,26,27,29). The lowest BCUT2D eigenvalue weighted by Crippen LogP contribution is -2.28. The van der Waals surface area contributed by atoms with Crippen molar-refractivity contribution in [2.75, 3.05) is 17.2 Å². The van der Waals surface area contributed by atoms with Gasteiger partial charge >= 0.3 is 0 Å². The number of benzene rings is 2. The van der Waals surface area contributed by atoms with Crippen molar-refractivity contribution >= 4 is 44.0 Å². The van der Waals surface area contributed by atoms with Crippen LogP contribution in [0.5, 0.6) is 0 Å². The molecule has 0 aliphatic carbocycles. The third kappa shape index (κ3) is 6.37. The molecule has 2 amide bonds. The number of anilines is 2. The van der Waals surface area contributed by atoms with Gasteiger partial charge in [0.2, 0.25) is 21.8 Å². The maximum atomic E-state index is 14.3. The second kappa shape index (κ2) is 10.1. The van der Waals surface area contributed by atoms with Crippen LogP contribution in [0, 0.1) is 17.5 Å². The molecular weight excluding hydrogens is 481 g/mol. The minimum absolute atomic E-state index is 0.167. The number of carbonyl (C=O) groups excluding carboxylic acids is 2. The normalized spacial score (nSPS) is 11.3. The molecule has 3 rings (SSSR count). The van der Waals surface area contributed by atoms with Crippen LogP contribution in [0.1, 0.15) is 13.3 Å². The van der Waals surface area contributed by atoms with Gasteiger partial charge in [-0.2, -0.15) is 0 Å². The van der Waals surface area contributed by atoms with Crippen LogP contribution in [0.4, 0.5) is 24.0 Å². The van der Waals surface area contributed by atoms with Gasteiger partial charge in [0.05, 0.1) is 10.6 Å².